The minimum absolute atomic E-state index is 0.0293. The molecule has 3 aromatic rings. The largest absolute Gasteiger partial charge is 0.508 e. The zero-order chi connectivity index (χ0) is 14.4. The van der Waals surface area contributed by atoms with E-state index in [9.17, 15) is 9.90 Å². The molecule has 6 heteroatoms. The third kappa shape index (κ3) is 1.95. The van der Waals surface area contributed by atoms with Crippen molar-refractivity contribution < 1.29 is 9.90 Å². The predicted molar refractivity (Wildman–Crippen MR) is 80.6 cm³/mol. The summed E-state index contributed by atoms with van der Waals surface area (Å²) in [6.07, 6.45) is 0.340. The fraction of sp³-hybridized carbons (Fsp3) is 0.133. The Morgan fingerprint density at radius 3 is 3.00 bits per heavy atom. The molecule has 104 valence electrons. The highest BCUT2D eigenvalue weighted by molar-refractivity contribution is 7.00. The molecule has 21 heavy (non-hydrogen) atoms. The molecule has 2 N–H and O–H groups in total. The SMILES string of the molecule is O=C1C[C@H](c2cccc(O)c2)c2c(ccc3nsnc23)N1. The van der Waals surface area contributed by atoms with Gasteiger partial charge in [0.1, 0.15) is 16.8 Å². The van der Waals surface area contributed by atoms with Gasteiger partial charge >= 0.3 is 0 Å². The number of carbonyl (C=O) groups excluding carboxylic acids is 1. The van der Waals surface area contributed by atoms with Gasteiger partial charge in [0.15, 0.2) is 0 Å². The van der Waals surface area contributed by atoms with Gasteiger partial charge in [-0.15, -0.1) is 0 Å². The molecule has 0 aliphatic carbocycles. The summed E-state index contributed by atoms with van der Waals surface area (Å²) in [5.41, 5.74) is 4.32. The van der Waals surface area contributed by atoms with Crippen LogP contribution in [0.15, 0.2) is 36.4 Å². The van der Waals surface area contributed by atoms with E-state index in [-0.39, 0.29) is 17.6 Å². The Bertz CT molecular complexity index is 859. The summed E-state index contributed by atoms with van der Waals surface area (Å²) in [5, 5.41) is 12.6. The summed E-state index contributed by atoms with van der Waals surface area (Å²) in [4.78, 5) is 12.0. The maximum absolute atomic E-state index is 12.0. The molecule has 2 heterocycles. The third-order valence-corrected chi connectivity index (χ3v) is 4.29. The van der Waals surface area contributed by atoms with E-state index in [0.29, 0.717) is 6.42 Å². The molecule has 4 rings (SSSR count). The van der Waals surface area contributed by atoms with Crippen molar-refractivity contribution in [3.63, 3.8) is 0 Å². The van der Waals surface area contributed by atoms with Crippen LogP contribution < -0.4 is 5.32 Å². The number of fused-ring (bicyclic) bond motifs is 3. The molecule has 0 unspecified atom stereocenters. The average molecular weight is 297 g/mol. The van der Waals surface area contributed by atoms with Crippen molar-refractivity contribution in [1.29, 1.82) is 0 Å². The van der Waals surface area contributed by atoms with Crippen LogP contribution >= 0.6 is 11.7 Å². The first-order chi connectivity index (χ1) is 10.2. The maximum Gasteiger partial charge on any atom is 0.225 e. The summed E-state index contributed by atoms with van der Waals surface area (Å²) in [6, 6.07) is 10.8. The number of phenolic OH excluding ortho intramolecular Hbond substituents is 1. The van der Waals surface area contributed by atoms with Crippen LogP contribution in [0.4, 0.5) is 5.69 Å². The molecule has 0 bridgehead atoms. The monoisotopic (exact) mass is 297 g/mol. The van der Waals surface area contributed by atoms with Crippen molar-refractivity contribution in [3.05, 3.63) is 47.5 Å². The number of aromatic nitrogens is 2. The van der Waals surface area contributed by atoms with Gasteiger partial charge in [0.25, 0.3) is 0 Å². The van der Waals surface area contributed by atoms with Crippen LogP contribution in [0.1, 0.15) is 23.5 Å². The number of carbonyl (C=O) groups is 1. The van der Waals surface area contributed by atoms with Gasteiger partial charge in [-0.3, -0.25) is 4.79 Å². The van der Waals surface area contributed by atoms with E-state index < -0.39 is 0 Å². The lowest BCUT2D eigenvalue weighted by molar-refractivity contribution is -0.116. The molecule has 1 aromatic heterocycles. The third-order valence-electron chi connectivity index (χ3n) is 3.75. The second-order valence-electron chi connectivity index (χ2n) is 5.06. The van der Waals surface area contributed by atoms with Crippen LogP contribution in [0, 0.1) is 0 Å². The molecule has 1 aliphatic rings. The molecule has 2 aromatic carbocycles. The normalized spacial score (nSPS) is 17.5. The Kier molecular flexibility index (Phi) is 2.65. The number of benzene rings is 2. The second-order valence-corrected chi connectivity index (χ2v) is 5.59. The fourth-order valence-electron chi connectivity index (χ4n) is 2.85. The highest BCUT2D eigenvalue weighted by Crippen LogP contribution is 2.41. The standard InChI is InChI=1S/C15H11N3O2S/c19-9-3-1-2-8(6-9)10-7-13(20)16-11-4-5-12-15(14(10)11)18-21-17-12/h1-6,10,19H,7H2,(H,16,20)/t10-/m1/s1. The summed E-state index contributed by atoms with van der Waals surface area (Å²) in [7, 11) is 0. The van der Waals surface area contributed by atoms with Gasteiger partial charge in [-0.05, 0) is 29.8 Å². The van der Waals surface area contributed by atoms with Crippen LogP contribution in [0.5, 0.6) is 5.75 Å². The molecule has 5 nitrogen and oxygen atoms in total. The number of phenols is 1. The van der Waals surface area contributed by atoms with E-state index in [1.807, 2.05) is 18.2 Å². The molecular weight excluding hydrogens is 286 g/mol. The number of rotatable bonds is 1. The van der Waals surface area contributed by atoms with E-state index in [0.717, 1.165) is 39.6 Å². The summed E-state index contributed by atoms with van der Waals surface area (Å²) >= 11 is 1.16. The number of nitrogens with zero attached hydrogens (tertiary/aromatic N) is 2. The quantitative estimate of drug-likeness (QED) is 0.724. The maximum atomic E-state index is 12.0. The number of anilines is 1. The zero-order valence-corrected chi connectivity index (χ0v) is 11.7. The fourth-order valence-corrected chi connectivity index (χ4v) is 3.40. The average Bonchev–Trinajstić information content (AvgIpc) is 2.94. The minimum Gasteiger partial charge on any atom is -0.508 e. The lowest BCUT2D eigenvalue weighted by Crippen LogP contribution is -2.23. The molecule has 1 amide bonds. The molecule has 1 atom stereocenters. The van der Waals surface area contributed by atoms with Crippen LogP contribution in [0.25, 0.3) is 11.0 Å². The molecule has 0 saturated heterocycles. The van der Waals surface area contributed by atoms with Gasteiger partial charge in [-0.1, -0.05) is 12.1 Å². The Labute approximate surface area is 124 Å². The zero-order valence-electron chi connectivity index (χ0n) is 10.9. The topological polar surface area (TPSA) is 75.1 Å². The number of hydrogen-bond acceptors (Lipinski definition) is 5. The van der Waals surface area contributed by atoms with E-state index >= 15 is 0 Å². The number of amides is 1. The van der Waals surface area contributed by atoms with Crippen molar-refractivity contribution in [2.75, 3.05) is 5.32 Å². The van der Waals surface area contributed by atoms with E-state index in [1.54, 1.807) is 18.2 Å². The van der Waals surface area contributed by atoms with E-state index in [4.69, 9.17) is 0 Å². The molecule has 0 saturated carbocycles. The minimum atomic E-state index is -0.117. The Morgan fingerprint density at radius 2 is 2.14 bits per heavy atom. The lowest BCUT2D eigenvalue weighted by Gasteiger charge is -2.26. The van der Waals surface area contributed by atoms with Gasteiger partial charge in [0.05, 0.1) is 11.7 Å². The van der Waals surface area contributed by atoms with E-state index in [2.05, 4.69) is 14.1 Å². The van der Waals surface area contributed by atoms with Crippen LogP contribution in [0.2, 0.25) is 0 Å². The lowest BCUT2D eigenvalue weighted by atomic mass is 9.84. The first kappa shape index (κ1) is 12.3. The van der Waals surface area contributed by atoms with Crippen molar-refractivity contribution in [3.8, 4) is 5.75 Å². The van der Waals surface area contributed by atoms with Crippen molar-refractivity contribution in [1.82, 2.24) is 8.75 Å². The molecule has 0 fully saturated rings. The van der Waals surface area contributed by atoms with Crippen LogP contribution in [-0.4, -0.2) is 19.8 Å². The molecule has 0 radical (unpaired) electrons. The first-order valence-electron chi connectivity index (χ1n) is 6.56. The highest BCUT2D eigenvalue weighted by Gasteiger charge is 2.29. The molecular formula is C15H11N3O2S. The number of aromatic hydroxyl groups is 1. The smallest absolute Gasteiger partial charge is 0.225 e. The van der Waals surface area contributed by atoms with Gasteiger partial charge in [-0.25, -0.2) is 0 Å². The molecule has 1 aliphatic heterocycles. The Morgan fingerprint density at radius 1 is 1.24 bits per heavy atom. The first-order valence-corrected chi connectivity index (χ1v) is 7.29. The Hall–Kier alpha value is -2.47. The predicted octanol–water partition coefficient (Wildman–Crippen LogP) is 2.87. The highest BCUT2D eigenvalue weighted by atomic mass is 32.1. The molecule has 0 spiro atoms. The summed E-state index contributed by atoms with van der Waals surface area (Å²) < 4.78 is 8.63. The summed E-state index contributed by atoms with van der Waals surface area (Å²) in [5.74, 6) is 0.0513. The Balaban J connectivity index is 1.97. The van der Waals surface area contributed by atoms with Gasteiger partial charge in [-0.2, -0.15) is 8.75 Å². The van der Waals surface area contributed by atoms with Crippen LogP contribution in [0.3, 0.4) is 0 Å². The van der Waals surface area contributed by atoms with Crippen molar-refractivity contribution in [2.45, 2.75) is 12.3 Å². The number of nitrogens with one attached hydrogen (secondary N) is 1. The van der Waals surface area contributed by atoms with Crippen molar-refractivity contribution in [2.24, 2.45) is 0 Å². The van der Waals surface area contributed by atoms with Gasteiger partial charge < -0.3 is 10.4 Å². The van der Waals surface area contributed by atoms with E-state index in [1.165, 1.54) is 0 Å². The van der Waals surface area contributed by atoms with Gasteiger partial charge in [0, 0.05) is 23.6 Å². The number of hydrogen-bond donors (Lipinski definition) is 2. The second kappa shape index (κ2) is 4.53. The van der Waals surface area contributed by atoms with Gasteiger partial charge in [0.2, 0.25) is 5.91 Å². The van der Waals surface area contributed by atoms with Crippen LogP contribution in [-0.2, 0) is 4.79 Å². The summed E-state index contributed by atoms with van der Waals surface area (Å²) in [6.45, 7) is 0. The van der Waals surface area contributed by atoms with Crippen molar-refractivity contribution >= 4 is 34.4 Å².